The van der Waals surface area contributed by atoms with E-state index in [9.17, 15) is 4.79 Å². The molecule has 2 nitrogen and oxygen atoms in total. The van der Waals surface area contributed by atoms with Gasteiger partial charge in [0.2, 0.25) is 0 Å². The summed E-state index contributed by atoms with van der Waals surface area (Å²) < 4.78 is 0. The molecule has 2 heteroatoms. The van der Waals surface area contributed by atoms with Gasteiger partial charge in [-0.05, 0) is 6.92 Å². The molecule has 0 amide bonds. The number of nitrogens with one attached hydrogen (secondary N) is 1. The van der Waals surface area contributed by atoms with E-state index in [1.807, 2.05) is 13.0 Å². The SMILES string of the molecule is C#CCN/C(=C\C)CC=O. The van der Waals surface area contributed by atoms with Crippen molar-refractivity contribution in [1.82, 2.24) is 5.32 Å². The normalized spacial score (nSPS) is 10.2. The molecule has 0 fully saturated rings. The van der Waals surface area contributed by atoms with Gasteiger partial charge in [0.15, 0.2) is 0 Å². The van der Waals surface area contributed by atoms with Gasteiger partial charge in [-0.2, -0.15) is 0 Å². The highest BCUT2D eigenvalue weighted by molar-refractivity contribution is 5.53. The van der Waals surface area contributed by atoms with Gasteiger partial charge < -0.3 is 10.1 Å². The predicted molar refractivity (Wildman–Crippen MR) is 41.3 cm³/mol. The lowest BCUT2D eigenvalue weighted by Gasteiger charge is -2.01. The maximum absolute atomic E-state index is 10.0. The number of hydrogen-bond acceptors (Lipinski definition) is 2. The fourth-order valence-electron chi connectivity index (χ4n) is 0.546. The molecule has 0 spiro atoms. The molecule has 0 aliphatic heterocycles. The molecule has 1 N–H and O–H groups in total. The largest absolute Gasteiger partial charge is 0.377 e. The second kappa shape index (κ2) is 5.90. The first-order valence-corrected chi connectivity index (χ1v) is 3.11. The van der Waals surface area contributed by atoms with Crippen molar-refractivity contribution in [2.75, 3.05) is 6.54 Å². The number of aldehydes is 1. The van der Waals surface area contributed by atoms with E-state index in [4.69, 9.17) is 6.42 Å². The lowest BCUT2D eigenvalue weighted by molar-refractivity contribution is -0.107. The number of carbonyl (C=O) groups excluding carboxylic acids is 1. The van der Waals surface area contributed by atoms with Crippen LogP contribution in [0.25, 0.3) is 0 Å². The number of carbonyl (C=O) groups is 1. The van der Waals surface area contributed by atoms with Crippen molar-refractivity contribution in [3.05, 3.63) is 11.8 Å². The summed E-state index contributed by atoms with van der Waals surface area (Å²) in [5, 5.41) is 2.91. The van der Waals surface area contributed by atoms with E-state index in [2.05, 4.69) is 11.2 Å². The van der Waals surface area contributed by atoms with Crippen molar-refractivity contribution in [3.63, 3.8) is 0 Å². The van der Waals surface area contributed by atoms with E-state index >= 15 is 0 Å². The molecule has 0 saturated carbocycles. The van der Waals surface area contributed by atoms with Crippen molar-refractivity contribution in [1.29, 1.82) is 0 Å². The summed E-state index contributed by atoms with van der Waals surface area (Å²) in [5.41, 5.74) is 0.882. The lowest BCUT2D eigenvalue weighted by Crippen LogP contribution is -2.13. The first-order valence-electron chi connectivity index (χ1n) is 3.11. The van der Waals surface area contributed by atoms with Crippen LogP contribution in [0.1, 0.15) is 13.3 Å². The van der Waals surface area contributed by atoms with Crippen LogP contribution >= 0.6 is 0 Å². The molecule has 0 heterocycles. The highest BCUT2D eigenvalue weighted by Gasteiger charge is 1.89. The number of allylic oxidation sites excluding steroid dienone is 2. The van der Waals surface area contributed by atoms with Gasteiger partial charge in [0, 0.05) is 12.1 Å². The van der Waals surface area contributed by atoms with Gasteiger partial charge in [-0.25, -0.2) is 0 Å². The van der Waals surface area contributed by atoms with Gasteiger partial charge in [0.25, 0.3) is 0 Å². The van der Waals surface area contributed by atoms with Crippen molar-refractivity contribution in [2.24, 2.45) is 0 Å². The summed E-state index contributed by atoms with van der Waals surface area (Å²) in [5.74, 6) is 2.42. The Hall–Kier alpha value is -1.23. The summed E-state index contributed by atoms with van der Waals surface area (Å²) >= 11 is 0. The van der Waals surface area contributed by atoms with Crippen LogP contribution in [0.3, 0.4) is 0 Å². The maximum Gasteiger partial charge on any atom is 0.125 e. The van der Waals surface area contributed by atoms with Crippen LogP contribution in [0.15, 0.2) is 11.8 Å². The van der Waals surface area contributed by atoms with Crippen LogP contribution in [-0.4, -0.2) is 12.8 Å². The average Bonchev–Trinajstić information content (AvgIpc) is 1.98. The van der Waals surface area contributed by atoms with E-state index in [0.717, 1.165) is 12.0 Å². The molecule has 0 radical (unpaired) electrons. The minimum atomic E-state index is 0.415. The fourth-order valence-corrected chi connectivity index (χ4v) is 0.546. The zero-order chi connectivity index (χ0) is 7.82. The number of hydrogen-bond donors (Lipinski definition) is 1. The zero-order valence-corrected chi connectivity index (χ0v) is 6.05. The van der Waals surface area contributed by atoms with Crippen LogP contribution < -0.4 is 5.32 Å². The van der Waals surface area contributed by atoms with Crippen LogP contribution in [0.5, 0.6) is 0 Å². The van der Waals surface area contributed by atoms with Gasteiger partial charge in [-0.1, -0.05) is 12.0 Å². The molecule has 54 valence electrons. The van der Waals surface area contributed by atoms with Gasteiger partial charge in [0.1, 0.15) is 6.29 Å². The minimum absolute atomic E-state index is 0.415. The molecule has 0 aromatic carbocycles. The Morgan fingerprint density at radius 2 is 2.50 bits per heavy atom. The Labute approximate surface area is 61.3 Å². The highest BCUT2D eigenvalue weighted by Crippen LogP contribution is 1.90. The van der Waals surface area contributed by atoms with Crippen LogP contribution in [0.2, 0.25) is 0 Å². The molecule has 0 aliphatic carbocycles. The summed E-state index contributed by atoms with van der Waals surface area (Å²) in [4.78, 5) is 10.0. The zero-order valence-electron chi connectivity index (χ0n) is 6.05. The Kier molecular flexibility index (Phi) is 5.17. The highest BCUT2D eigenvalue weighted by atomic mass is 16.1. The van der Waals surface area contributed by atoms with E-state index < -0.39 is 0 Å². The minimum Gasteiger partial charge on any atom is -0.377 e. The van der Waals surface area contributed by atoms with Crippen LogP contribution in [0.4, 0.5) is 0 Å². The van der Waals surface area contributed by atoms with Crippen molar-refractivity contribution >= 4 is 6.29 Å². The Bertz CT molecular complexity index is 165. The van der Waals surface area contributed by atoms with Crippen molar-refractivity contribution in [3.8, 4) is 12.3 Å². The Morgan fingerprint density at radius 1 is 1.80 bits per heavy atom. The van der Waals surface area contributed by atoms with E-state index in [0.29, 0.717) is 13.0 Å². The van der Waals surface area contributed by atoms with Gasteiger partial charge >= 0.3 is 0 Å². The van der Waals surface area contributed by atoms with E-state index in [1.54, 1.807) is 0 Å². The number of rotatable bonds is 4. The summed E-state index contributed by atoms with van der Waals surface area (Å²) in [6.45, 7) is 2.34. The average molecular weight is 137 g/mol. The summed E-state index contributed by atoms with van der Waals surface area (Å²) in [6, 6.07) is 0. The third-order valence-electron chi connectivity index (χ3n) is 1.07. The van der Waals surface area contributed by atoms with Gasteiger partial charge in [-0.15, -0.1) is 6.42 Å². The molecule has 0 atom stereocenters. The van der Waals surface area contributed by atoms with E-state index in [-0.39, 0.29) is 0 Å². The summed E-state index contributed by atoms with van der Waals surface area (Å²) in [7, 11) is 0. The topological polar surface area (TPSA) is 29.1 Å². The van der Waals surface area contributed by atoms with E-state index in [1.165, 1.54) is 0 Å². The molecule has 0 aromatic heterocycles. The standard InChI is InChI=1S/C8H11NO/c1-3-6-9-8(4-2)5-7-10/h1,4,7,9H,5-6H2,2H3/b8-4-. The molecule has 0 unspecified atom stereocenters. The quantitative estimate of drug-likeness (QED) is 0.456. The predicted octanol–water partition coefficient (Wildman–Crippen LogP) is 0.702. The first kappa shape index (κ1) is 8.77. The molecule has 10 heavy (non-hydrogen) atoms. The molecule has 0 aromatic rings. The third kappa shape index (κ3) is 3.73. The smallest absolute Gasteiger partial charge is 0.125 e. The summed E-state index contributed by atoms with van der Waals surface area (Å²) in [6.07, 6.45) is 8.10. The molecule has 0 bridgehead atoms. The Balaban J connectivity index is 3.64. The molecule has 0 saturated heterocycles. The fraction of sp³-hybridized carbons (Fsp3) is 0.375. The second-order valence-corrected chi connectivity index (χ2v) is 1.74. The van der Waals surface area contributed by atoms with Gasteiger partial charge in [-0.3, -0.25) is 0 Å². The first-order chi connectivity index (χ1) is 4.85. The number of terminal acetylenes is 1. The molecule has 0 rings (SSSR count). The van der Waals surface area contributed by atoms with Crippen molar-refractivity contribution in [2.45, 2.75) is 13.3 Å². The Morgan fingerprint density at radius 3 is 2.90 bits per heavy atom. The molecular weight excluding hydrogens is 126 g/mol. The second-order valence-electron chi connectivity index (χ2n) is 1.74. The van der Waals surface area contributed by atoms with Crippen LogP contribution in [0, 0.1) is 12.3 Å². The maximum atomic E-state index is 10.0. The van der Waals surface area contributed by atoms with Crippen LogP contribution in [-0.2, 0) is 4.79 Å². The molecule has 0 aliphatic rings. The van der Waals surface area contributed by atoms with Crippen molar-refractivity contribution < 1.29 is 4.79 Å². The molecular formula is C8H11NO. The monoisotopic (exact) mass is 137 g/mol. The third-order valence-corrected chi connectivity index (χ3v) is 1.07. The van der Waals surface area contributed by atoms with Gasteiger partial charge in [0.05, 0.1) is 6.54 Å². The lowest BCUT2D eigenvalue weighted by atomic mass is 10.3.